The van der Waals surface area contributed by atoms with Crippen LogP contribution < -0.4 is 0 Å². The van der Waals surface area contributed by atoms with Crippen molar-refractivity contribution in [2.24, 2.45) is 0 Å². The molecule has 0 radical (unpaired) electrons. The molecule has 3 aromatic rings. The summed E-state index contributed by atoms with van der Waals surface area (Å²) < 4.78 is 0. The number of phenolic OH excluding ortho intramolecular Hbond substituents is 4. The van der Waals surface area contributed by atoms with Gasteiger partial charge < -0.3 is 25.4 Å². The molecule has 0 fully saturated rings. The van der Waals surface area contributed by atoms with E-state index in [4.69, 9.17) is 0 Å². The number of nitrogens with one attached hydrogen (secondary N) is 1. The molecule has 0 unspecified atom stereocenters. The van der Waals surface area contributed by atoms with Crippen molar-refractivity contribution in [1.82, 2.24) is 4.98 Å². The molecule has 86 valence electrons. The Hall–Kier alpha value is -2.56. The van der Waals surface area contributed by atoms with Crippen molar-refractivity contribution < 1.29 is 20.4 Å². The van der Waals surface area contributed by atoms with Crippen LogP contribution in [0.5, 0.6) is 23.0 Å². The highest BCUT2D eigenvalue weighted by Gasteiger charge is 2.15. The minimum absolute atomic E-state index is 0.0884. The predicted octanol–water partition coefficient (Wildman–Crippen LogP) is 2.14. The van der Waals surface area contributed by atoms with Crippen molar-refractivity contribution in [2.75, 3.05) is 0 Å². The lowest BCUT2D eigenvalue weighted by Crippen LogP contribution is -1.74. The van der Waals surface area contributed by atoms with Gasteiger partial charge in [0, 0.05) is 16.3 Å². The fourth-order valence-corrected chi connectivity index (χ4v) is 1.98. The number of phenols is 4. The Morgan fingerprint density at radius 3 is 2.35 bits per heavy atom. The first-order chi connectivity index (χ1) is 8.08. The minimum atomic E-state index is -0.562. The second-order valence-corrected chi connectivity index (χ2v) is 3.87. The van der Waals surface area contributed by atoms with Crippen LogP contribution in [0.15, 0.2) is 24.3 Å². The lowest BCUT2D eigenvalue weighted by atomic mass is 10.1. The number of fused-ring (bicyclic) bond motifs is 3. The van der Waals surface area contributed by atoms with E-state index in [1.54, 1.807) is 6.07 Å². The molecule has 0 aliphatic carbocycles. The van der Waals surface area contributed by atoms with E-state index in [-0.39, 0.29) is 5.75 Å². The SMILES string of the molecule is Oc1ccc2[nH]c3c(O)c(O)c(O)cc3c2c1. The molecule has 0 spiro atoms. The van der Waals surface area contributed by atoms with Gasteiger partial charge in [-0.05, 0) is 24.3 Å². The Morgan fingerprint density at radius 1 is 0.824 bits per heavy atom. The second kappa shape index (κ2) is 2.98. The predicted molar refractivity (Wildman–Crippen MR) is 62.5 cm³/mol. The van der Waals surface area contributed by atoms with Crippen LogP contribution in [-0.4, -0.2) is 25.4 Å². The quantitative estimate of drug-likeness (QED) is 0.383. The zero-order valence-corrected chi connectivity index (χ0v) is 8.60. The number of H-pyrrole nitrogens is 1. The molecule has 17 heavy (non-hydrogen) atoms. The van der Waals surface area contributed by atoms with Gasteiger partial charge in [0.1, 0.15) is 5.75 Å². The van der Waals surface area contributed by atoms with E-state index in [1.807, 2.05) is 0 Å². The number of hydrogen-bond acceptors (Lipinski definition) is 4. The third kappa shape index (κ3) is 1.19. The van der Waals surface area contributed by atoms with Gasteiger partial charge in [-0.15, -0.1) is 0 Å². The van der Waals surface area contributed by atoms with Crippen molar-refractivity contribution in [3.63, 3.8) is 0 Å². The molecule has 5 heteroatoms. The topological polar surface area (TPSA) is 96.7 Å². The molecule has 0 saturated carbocycles. The lowest BCUT2D eigenvalue weighted by Gasteiger charge is -2.01. The minimum Gasteiger partial charge on any atom is -0.508 e. The summed E-state index contributed by atoms with van der Waals surface area (Å²) >= 11 is 0. The van der Waals surface area contributed by atoms with Crippen molar-refractivity contribution >= 4 is 21.8 Å². The number of rotatable bonds is 0. The summed E-state index contributed by atoms with van der Waals surface area (Å²) in [7, 11) is 0. The number of aromatic nitrogens is 1. The van der Waals surface area contributed by atoms with Gasteiger partial charge in [-0.25, -0.2) is 0 Å². The molecule has 5 nitrogen and oxygen atoms in total. The normalized spacial score (nSPS) is 11.3. The van der Waals surface area contributed by atoms with Crippen molar-refractivity contribution in [3.05, 3.63) is 24.3 Å². The monoisotopic (exact) mass is 231 g/mol. The van der Waals surface area contributed by atoms with Gasteiger partial charge in [-0.2, -0.15) is 0 Å². The van der Waals surface area contributed by atoms with Crippen LogP contribution in [0.3, 0.4) is 0 Å². The summed E-state index contributed by atoms with van der Waals surface area (Å²) in [5.74, 6) is -1.28. The molecule has 0 bridgehead atoms. The van der Waals surface area contributed by atoms with E-state index in [0.29, 0.717) is 21.8 Å². The number of aromatic hydroxyl groups is 4. The van der Waals surface area contributed by atoms with E-state index in [2.05, 4.69) is 4.98 Å². The Bertz CT molecular complexity index is 745. The summed E-state index contributed by atoms with van der Waals surface area (Å²) in [6.45, 7) is 0. The van der Waals surface area contributed by atoms with Crippen molar-refractivity contribution in [3.8, 4) is 23.0 Å². The molecule has 0 atom stereocenters. The van der Waals surface area contributed by atoms with Crippen LogP contribution in [0.4, 0.5) is 0 Å². The molecular weight excluding hydrogens is 222 g/mol. The average molecular weight is 231 g/mol. The van der Waals surface area contributed by atoms with Crippen LogP contribution >= 0.6 is 0 Å². The summed E-state index contributed by atoms with van der Waals surface area (Å²) in [5.41, 5.74) is 1.01. The van der Waals surface area contributed by atoms with Gasteiger partial charge in [0.15, 0.2) is 11.5 Å². The zero-order valence-electron chi connectivity index (χ0n) is 8.60. The highest BCUT2D eigenvalue weighted by atomic mass is 16.3. The Kier molecular flexibility index (Phi) is 1.69. The summed E-state index contributed by atoms with van der Waals surface area (Å²) in [6.07, 6.45) is 0. The van der Waals surface area contributed by atoms with Crippen LogP contribution in [0.2, 0.25) is 0 Å². The average Bonchev–Trinajstić information content (AvgIpc) is 2.65. The first-order valence-electron chi connectivity index (χ1n) is 4.96. The maximum absolute atomic E-state index is 9.71. The smallest absolute Gasteiger partial charge is 0.202 e. The highest BCUT2D eigenvalue weighted by molar-refractivity contribution is 6.10. The number of benzene rings is 2. The third-order valence-electron chi connectivity index (χ3n) is 2.81. The number of hydrogen-bond donors (Lipinski definition) is 5. The van der Waals surface area contributed by atoms with Crippen LogP contribution in [-0.2, 0) is 0 Å². The largest absolute Gasteiger partial charge is 0.508 e. The van der Waals surface area contributed by atoms with Gasteiger partial charge in [-0.1, -0.05) is 0 Å². The van der Waals surface area contributed by atoms with Gasteiger partial charge in [0.2, 0.25) is 5.75 Å². The third-order valence-corrected chi connectivity index (χ3v) is 2.81. The Labute approximate surface area is 95.2 Å². The molecule has 5 N–H and O–H groups in total. The Morgan fingerprint density at radius 2 is 1.59 bits per heavy atom. The summed E-state index contributed by atoms with van der Waals surface area (Å²) in [6, 6.07) is 6.01. The molecular formula is C12H9NO4. The van der Waals surface area contributed by atoms with E-state index >= 15 is 0 Å². The van der Waals surface area contributed by atoms with Gasteiger partial charge >= 0.3 is 0 Å². The maximum atomic E-state index is 9.71. The van der Waals surface area contributed by atoms with Gasteiger partial charge in [-0.3, -0.25) is 0 Å². The van der Waals surface area contributed by atoms with Crippen LogP contribution in [0.25, 0.3) is 21.8 Å². The molecule has 0 saturated heterocycles. The standard InChI is InChI=1S/C12H9NO4/c14-5-1-2-8-6(3-5)7-4-9(15)11(16)12(17)10(7)13-8/h1-4,13-17H. The second-order valence-electron chi connectivity index (χ2n) is 3.87. The van der Waals surface area contributed by atoms with Crippen molar-refractivity contribution in [1.29, 1.82) is 0 Å². The molecule has 0 amide bonds. The van der Waals surface area contributed by atoms with Crippen LogP contribution in [0, 0.1) is 0 Å². The first kappa shape index (κ1) is 9.65. The number of aromatic amines is 1. The molecule has 2 aromatic carbocycles. The fraction of sp³-hybridized carbons (Fsp3) is 0. The summed E-state index contributed by atoms with van der Waals surface area (Å²) in [4.78, 5) is 2.91. The van der Waals surface area contributed by atoms with Gasteiger partial charge in [0.25, 0.3) is 0 Å². The maximum Gasteiger partial charge on any atom is 0.202 e. The zero-order chi connectivity index (χ0) is 12.2. The molecule has 0 aliphatic heterocycles. The summed E-state index contributed by atoms with van der Waals surface area (Å²) in [5, 5.41) is 39.2. The highest BCUT2D eigenvalue weighted by Crippen LogP contribution is 2.43. The molecule has 3 rings (SSSR count). The molecule has 1 heterocycles. The van der Waals surface area contributed by atoms with Crippen LogP contribution in [0.1, 0.15) is 0 Å². The van der Waals surface area contributed by atoms with E-state index < -0.39 is 17.2 Å². The Balaban J connectivity index is 2.57. The fourth-order valence-electron chi connectivity index (χ4n) is 1.98. The molecule has 1 aromatic heterocycles. The first-order valence-corrected chi connectivity index (χ1v) is 4.96. The van der Waals surface area contributed by atoms with E-state index in [9.17, 15) is 20.4 Å². The van der Waals surface area contributed by atoms with E-state index in [1.165, 1.54) is 18.2 Å². The lowest BCUT2D eigenvalue weighted by molar-refractivity contribution is 0.371. The van der Waals surface area contributed by atoms with Gasteiger partial charge in [0.05, 0.1) is 5.52 Å². The van der Waals surface area contributed by atoms with E-state index in [0.717, 1.165) is 0 Å². The van der Waals surface area contributed by atoms with Crippen molar-refractivity contribution in [2.45, 2.75) is 0 Å². The molecule has 0 aliphatic rings.